The predicted octanol–water partition coefficient (Wildman–Crippen LogP) is 6.05. The molecular weight excluding hydrogens is 399 g/mol. The van der Waals surface area contributed by atoms with Gasteiger partial charge in [0.1, 0.15) is 0 Å². The van der Waals surface area contributed by atoms with Gasteiger partial charge in [-0.1, -0.05) is 40.2 Å². The minimum absolute atomic E-state index is 0. The van der Waals surface area contributed by atoms with Gasteiger partial charge in [-0.15, -0.1) is 30.6 Å². The van der Waals surface area contributed by atoms with Crippen molar-refractivity contribution in [1.29, 1.82) is 0 Å². The number of hydrogen-bond donors (Lipinski definition) is 0. The summed E-state index contributed by atoms with van der Waals surface area (Å²) in [6, 6.07) is 0. The van der Waals surface area contributed by atoms with Gasteiger partial charge in [0.05, 0.1) is 11.7 Å². The molecule has 0 aromatic rings. The molecule has 136 valence electrons. The third kappa shape index (κ3) is 3.67. The van der Waals surface area contributed by atoms with Crippen LogP contribution in [0.25, 0.3) is 0 Å². The van der Waals surface area contributed by atoms with Crippen molar-refractivity contribution < 1.29 is 9.47 Å². The number of rotatable bonds is 0. The Hall–Kier alpha value is 0.390. The van der Waals surface area contributed by atoms with Crippen LogP contribution >= 0.6 is 24.0 Å². The molecule has 23 heavy (non-hydrogen) atoms. The first kappa shape index (κ1) is 21.4. The maximum absolute atomic E-state index is 6.26. The molecular formula is C20H37IO2. The minimum atomic E-state index is -0.104. The van der Waals surface area contributed by atoms with E-state index in [0.29, 0.717) is 11.3 Å². The van der Waals surface area contributed by atoms with Crippen LogP contribution in [0.2, 0.25) is 0 Å². The molecule has 1 aliphatic heterocycles. The first-order valence-corrected chi connectivity index (χ1v) is 9.08. The van der Waals surface area contributed by atoms with E-state index in [1.54, 1.807) is 6.08 Å². The highest BCUT2D eigenvalue weighted by Gasteiger charge is 2.60. The summed E-state index contributed by atoms with van der Waals surface area (Å²) in [6.07, 6.45) is 5.97. The van der Waals surface area contributed by atoms with Crippen molar-refractivity contribution in [2.45, 2.75) is 85.7 Å². The average molecular weight is 436 g/mol. The second kappa shape index (κ2) is 7.74. The van der Waals surface area contributed by atoms with Crippen LogP contribution < -0.4 is 0 Å². The van der Waals surface area contributed by atoms with Crippen molar-refractivity contribution in [3.8, 4) is 0 Å². The summed E-state index contributed by atoms with van der Waals surface area (Å²) in [5, 5.41) is 0. The third-order valence-corrected chi connectivity index (χ3v) is 7.01. The topological polar surface area (TPSA) is 18.5 Å². The summed E-state index contributed by atoms with van der Waals surface area (Å²) in [5.74, 6) is 3.04. The summed E-state index contributed by atoms with van der Waals surface area (Å²) in [7, 11) is 0. The van der Waals surface area contributed by atoms with Gasteiger partial charge in [-0.3, -0.25) is 0 Å². The Morgan fingerprint density at radius 3 is 2.22 bits per heavy atom. The highest BCUT2D eigenvalue weighted by atomic mass is 127. The van der Waals surface area contributed by atoms with Gasteiger partial charge in [-0.05, 0) is 62.7 Å². The summed E-state index contributed by atoms with van der Waals surface area (Å²) in [5.41, 5.74) is 0.235. The van der Waals surface area contributed by atoms with Crippen molar-refractivity contribution in [2.75, 3.05) is 0 Å². The highest BCUT2D eigenvalue weighted by molar-refractivity contribution is 14.0. The van der Waals surface area contributed by atoms with E-state index in [1.807, 2.05) is 6.92 Å². The molecule has 2 aliphatic carbocycles. The fourth-order valence-corrected chi connectivity index (χ4v) is 5.39. The summed E-state index contributed by atoms with van der Waals surface area (Å²) < 4.78 is 12.4. The van der Waals surface area contributed by atoms with Crippen LogP contribution in [0, 0.1) is 29.1 Å². The van der Waals surface area contributed by atoms with Crippen LogP contribution in [0.15, 0.2) is 12.7 Å². The van der Waals surface area contributed by atoms with E-state index in [-0.39, 0.29) is 42.0 Å². The second-order valence-corrected chi connectivity index (χ2v) is 8.51. The van der Waals surface area contributed by atoms with Gasteiger partial charge in [0, 0.05) is 0 Å². The number of fused-ring (bicyclic) bond motifs is 2. The molecule has 3 heteroatoms. The molecule has 3 rings (SSSR count). The molecule has 0 amide bonds. The summed E-state index contributed by atoms with van der Waals surface area (Å²) >= 11 is 0. The van der Waals surface area contributed by atoms with Crippen molar-refractivity contribution in [1.82, 2.24) is 0 Å². The SMILES string of the molecule is C=CC.C[C@@H]1O[C@H]2CC3[C@H](C)CC[C@H]3C(C)(C)[C@@H](C)[C@@]2(C)O1.I. The molecule has 0 spiro atoms. The molecule has 0 bridgehead atoms. The van der Waals surface area contributed by atoms with Crippen LogP contribution in [0.3, 0.4) is 0 Å². The Labute approximate surface area is 160 Å². The lowest BCUT2D eigenvalue weighted by Gasteiger charge is -2.44. The lowest BCUT2D eigenvalue weighted by Crippen LogP contribution is -2.48. The quantitative estimate of drug-likeness (QED) is 0.340. The van der Waals surface area contributed by atoms with Gasteiger partial charge in [-0.2, -0.15) is 0 Å². The van der Waals surface area contributed by atoms with E-state index < -0.39 is 0 Å². The molecule has 0 aromatic carbocycles. The van der Waals surface area contributed by atoms with E-state index in [2.05, 4.69) is 48.1 Å². The molecule has 3 fully saturated rings. The Bertz CT molecular complexity index is 408. The standard InChI is InChI=1S/C17H30O2.C3H6.HI/c1-10-7-8-14-13(10)9-15-17(6,19-12(3)18-15)11(2)16(14,4)5;1-3-2;/h10-15H,7-9H2,1-6H3;3H,1H2,2H3;1H/t10-,11-,12-,13?,14-,15+,17-;;/m1../s1. The summed E-state index contributed by atoms with van der Waals surface area (Å²) in [6.45, 7) is 19.3. The monoisotopic (exact) mass is 436 g/mol. The number of allylic oxidation sites excluding steroid dienone is 1. The zero-order valence-electron chi connectivity index (χ0n) is 16.1. The van der Waals surface area contributed by atoms with Gasteiger partial charge >= 0.3 is 0 Å². The van der Waals surface area contributed by atoms with Gasteiger partial charge in [0.15, 0.2) is 6.29 Å². The zero-order valence-corrected chi connectivity index (χ0v) is 18.4. The minimum Gasteiger partial charge on any atom is -0.347 e. The molecule has 0 N–H and O–H groups in total. The number of halogens is 1. The normalized spacial score (nSPS) is 47.3. The Kier molecular flexibility index (Phi) is 7.21. The summed E-state index contributed by atoms with van der Waals surface area (Å²) in [4.78, 5) is 0. The molecule has 1 heterocycles. The van der Waals surface area contributed by atoms with Crippen LogP contribution in [0.5, 0.6) is 0 Å². The van der Waals surface area contributed by atoms with E-state index in [9.17, 15) is 0 Å². The predicted molar refractivity (Wildman–Crippen MR) is 108 cm³/mol. The van der Waals surface area contributed by atoms with Crippen LogP contribution in [-0.4, -0.2) is 18.0 Å². The zero-order chi connectivity index (χ0) is 16.7. The number of hydrogen-bond acceptors (Lipinski definition) is 2. The van der Waals surface area contributed by atoms with Crippen molar-refractivity contribution in [3.63, 3.8) is 0 Å². The Morgan fingerprint density at radius 2 is 1.65 bits per heavy atom. The molecule has 0 aromatic heterocycles. The van der Waals surface area contributed by atoms with E-state index in [0.717, 1.165) is 17.8 Å². The molecule has 0 radical (unpaired) electrons. The fraction of sp³-hybridized carbons (Fsp3) is 0.900. The fourth-order valence-electron chi connectivity index (χ4n) is 5.39. The van der Waals surface area contributed by atoms with Crippen molar-refractivity contribution in [2.24, 2.45) is 29.1 Å². The maximum Gasteiger partial charge on any atom is 0.156 e. The molecule has 3 aliphatic rings. The molecule has 7 atom stereocenters. The van der Waals surface area contributed by atoms with Crippen LogP contribution in [-0.2, 0) is 9.47 Å². The highest BCUT2D eigenvalue weighted by Crippen LogP contribution is 2.59. The van der Waals surface area contributed by atoms with Gasteiger partial charge in [-0.25, -0.2) is 0 Å². The lowest BCUT2D eigenvalue weighted by atomic mass is 9.63. The Balaban J connectivity index is 0.000000615. The van der Waals surface area contributed by atoms with Gasteiger partial charge in [0.2, 0.25) is 0 Å². The molecule has 2 nitrogen and oxygen atoms in total. The van der Waals surface area contributed by atoms with Gasteiger partial charge in [0.25, 0.3) is 0 Å². The first-order chi connectivity index (χ1) is 10.2. The second-order valence-electron chi connectivity index (χ2n) is 8.51. The molecule has 1 unspecified atom stereocenters. The average Bonchev–Trinajstić information content (AvgIpc) is 2.91. The molecule has 2 saturated carbocycles. The first-order valence-electron chi connectivity index (χ1n) is 9.08. The van der Waals surface area contributed by atoms with Crippen LogP contribution in [0.4, 0.5) is 0 Å². The number of ether oxygens (including phenoxy) is 2. The third-order valence-electron chi connectivity index (χ3n) is 7.01. The maximum atomic E-state index is 6.26. The molecule has 1 saturated heterocycles. The van der Waals surface area contributed by atoms with E-state index in [1.165, 1.54) is 19.3 Å². The Morgan fingerprint density at radius 1 is 1.09 bits per heavy atom. The smallest absolute Gasteiger partial charge is 0.156 e. The van der Waals surface area contributed by atoms with Gasteiger partial charge < -0.3 is 9.47 Å². The van der Waals surface area contributed by atoms with E-state index in [4.69, 9.17) is 9.47 Å². The van der Waals surface area contributed by atoms with E-state index >= 15 is 0 Å². The largest absolute Gasteiger partial charge is 0.347 e. The van der Waals surface area contributed by atoms with Crippen molar-refractivity contribution >= 4 is 24.0 Å². The van der Waals surface area contributed by atoms with Crippen molar-refractivity contribution in [3.05, 3.63) is 12.7 Å². The lowest BCUT2D eigenvalue weighted by molar-refractivity contribution is -0.116. The van der Waals surface area contributed by atoms with Crippen LogP contribution in [0.1, 0.15) is 67.7 Å².